The normalized spacial score (nSPS) is 10.3. The number of hydrogen-bond donors (Lipinski definition) is 1. The van der Waals surface area contributed by atoms with Gasteiger partial charge in [0.05, 0.1) is 18.2 Å². The van der Waals surface area contributed by atoms with Crippen LogP contribution in [0.3, 0.4) is 0 Å². The van der Waals surface area contributed by atoms with Crippen LogP contribution in [0.25, 0.3) is 10.9 Å². The second-order valence-corrected chi connectivity index (χ2v) is 3.60. The minimum absolute atomic E-state index is 0.701. The van der Waals surface area contributed by atoms with Crippen LogP contribution in [0.2, 0.25) is 0 Å². The predicted octanol–water partition coefficient (Wildman–Crippen LogP) is 2.67. The van der Waals surface area contributed by atoms with Gasteiger partial charge in [0.15, 0.2) is 0 Å². The second-order valence-electron chi connectivity index (χ2n) is 3.60. The summed E-state index contributed by atoms with van der Waals surface area (Å²) in [7, 11) is 1.63. The number of methoxy groups -OCH3 is 1. The largest absolute Gasteiger partial charge is 0.497 e. The van der Waals surface area contributed by atoms with E-state index >= 15 is 0 Å². The molecule has 1 heterocycles. The van der Waals surface area contributed by atoms with Crippen LogP contribution in [0, 0.1) is 25.2 Å². The molecule has 3 nitrogen and oxygen atoms in total. The maximum absolute atomic E-state index is 9.05. The van der Waals surface area contributed by atoms with Gasteiger partial charge in [0.2, 0.25) is 0 Å². The highest BCUT2D eigenvalue weighted by Crippen LogP contribution is 2.28. The lowest BCUT2D eigenvalue weighted by atomic mass is 10.1. The zero-order valence-corrected chi connectivity index (χ0v) is 9.01. The lowest BCUT2D eigenvalue weighted by Gasteiger charge is -2.02. The average Bonchev–Trinajstić information content (AvgIpc) is 2.54. The van der Waals surface area contributed by atoms with Crippen LogP contribution in [0.4, 0.5) is 0 Å². The van der Waals surface area contributed by atoms with Gasteiger partial charge in [-0.05, 0) is 31.5 Å². The van der Waals surface area contributed by atoms with Crippen molar-refractivity contribution in [2.45, 2.75) is 13.8 Å². The van der Waals surface area contributed by atoms with Gasteiger partial charge in [0, 0.05) is 11.1 Å². The first-order valence-electron chi connectivity index (χ1n) is 4.74. The third-order valence-electron chi connectivity index (χ3n) is 2.61. The fraction of sp³-hybridized carbons (Fsp3) is 0.250. The SMILES string of the molecule is COc1cc(C)c2[nH]c(C)c(C#N)c2c1. The van der Waals surface area contributed by atoms with Crippen molar-refractivity contribution in [3.8, 4) is 11.8 Å². The van der Waals surface area contributed by atoms with Crippen molar-refractivity contribution >= 4 is 10.9 Å². The van der Waals surface area contributed by atoms with Crippen LogP contribution >= 0.6 is 0 Å². The molecule has 2 aromatic rings. The molecular weight excluding hydrogens is 188 g/mol. The van der Waals surface area contributed by atoms with Gasteiger partial charge in [-0.3, -0.25) is 0 Å². The van der Waals surface area contributed by atoms with E-state index in [4.69, 9.17) is 10.00 Å². The molecule has 2 rings (SSSR count). The molecule has 1 aromatic carbocycles. The Labute approximate surface area is 88.3 Å². The van der Waals surface area contributed by atoms with Gasteiger partial charge in [-0.2, -0.15) is 5.26 Å². The van der Waals surface area contributed by atoms with Crippen molar-refractivity contribution in [3.63, 3.8) is 0 Å². The number of aromatic amines is 1. The molecule has 0 saturated heterocycles. The van der Waals surface area contributed by atoms with Crippen LogP contribution in [-0.2, 0) is 0 Å². The molecule has 0 unspecified atom stereocenters. The van der Waals surface area contributed by atoms with E-state index in [1.54, 1.807) is 7.11 Å². The average molecular weight is 200 g/mol. The smallest absolute Gasteiger partial charge is 0.119 e. The van der Waals surface area contributed by atoms with E-state index in [1.165, 1.54) is 0 Å². The summed E-state index contributed by atoms with van der Waals surface area (Å²) in [6.45, 7) is 3.91. The van der Waals surface area contributed by atoms with E-state index in [0.717, 1.165) is 27.9 Å². The number of fused-ring (bicyclic) bond motifs is 1. The van der Waals surface area contributed by atoms with Crippen molar-refractivity contribution in [2.75, 3.05) is 7.11 Å². The number of hydrogen-bond acceptors (Lipinski definition) is 2. The number of benzene rings is 1. The Morgan fingerprint density at radius 1 is 1.33 bits per heavy atom. The van der Waals surface area contributed by atoms with E-state index < -0.39 is 0 Å². The third-order valence-corrected chi connectivity index (χ3v) is 2.61. The van der Waals surface area contributed by atoms with Gasteiger partial charge < -0.3 is 9.72 Å². The molecule has 0 atom stereocenters. The fourth-order valence-electron chi connectivity index (χ4n) is 1.83. The van der Waals surface area contributed by atoms with E-state index in [0.29, 0.717) is 5.56 Å². The zero-order valence-electron chi connectivity index (χ0n) is 9.01. The van der Waals surface area contributed by atoms with Crippen molar-refractivity contribution < 1.29 is 4.74 Å². The Bertz CT molecular complexity index is 561. The Balaban J connectivity index is 2.88. The van der Waals surface area contributed by atoms with E-state index in [-0.39, 0.29) is 0 Å². The number of nitriles is 1. The Morgan fingerprint density at radius 3 is 2.67 bits per heavy atom. The highest BCUT2D eigenvalue weighted by Gasteiger charge is 2.10. The molecule has 0 aliphatic rings. The maximum Gasteiger partial charge on any atom is 0.119 e. The number of rotatable bonds is 1. The van der Waals surface area contributed by atoms with Gasteiger partial charge >= 0.3 is 0 Å². The molecule has 15 heavy (non-hydrogen) atoms. The number of nitrogens with one attached hydrogen (secondary N) is 1. The van der Waals surface area contributed by atoms with Crippen LogP contribution in [0.15, 0.2) is 12.1 Å². The molecule has 1 N–H and O–H groups in total. The number of aryl methyl sites for hydroxylation is 2. The molecule has 1 aromatic heterocycles. The summed E-state index contributed by atoms with van der Waals surface area (Å²) in [5, 5.41) is 9.99. The van der Waals surface area contributed by atoms with Gasteiger partial charge in [0.1, 0.15) is 11.8 Å². The first-order valence-corrected chi connectivity index (χ1v) is 4.74. The topological polar surface area (TPSA) is 48.8 Å². The highest BCUT2D eigenvalue weighted by atomic mass is 16.5. The Kier molecular flexibility index (Phi) is 2.12. The van der Waals surface area contributed by atoms with E-state index in [2.05, 4.69) is 11.1 Å². The molecule has 76 valence electrons. The highest BCUT2D eigenvalue weighted by molar-refractivity contribution is 5.90. The van der Waals surface area contributed by atoms with Gasteiger partial charge in [0.25, 0.3) is 0 Å². The second kappa shape index (κ2) is 3.32. The van der Waals surface area contributed by atoms with Gasteiger partial charge in [-0.25, -0.2) is 0 Å². The number of aromatic nitrogens is 1. The summed E-state index contributed by atoms with van der Waals surface area (Å²) in [6, 6.07) is 6.06. The first kappa shape index (κ1) is 9.60. The van der Waals surface area contributed by atoms with Crippen molar-refractivity contribution in [1.29, 1.82) is 5.26 Å². The van der Waals surface area contributed by atoms with Crippen LogP contribution in [0.1, 0.15) is 16.8 Å². The summed E-state index contributed by atoms with van der Waals surface area (Å²) in [5.41, 5.74) is 3.72. The first-order chi connectivity index (χ1) is 7.17. The van der Waals surface area contributed by atoms with E-state index in [1.807, 2.05) is 26.0 Å². The predicted molar refractivity (Wildman–Crippen MR) is 59.0 cm³/mol. The monoisotopic (exact) mass is 200 g/mol. The minimum atomic E-state index is 0.701. The molecule has 0 radical (unpaired) electrons. The molecule has 0 fully saturated rings. The summed E-state index contributed by atoms with van der Waals surface area (Å²) in [6.07, 6.45) is 0. The molecule has 0 saturated carbocycles. The number of nitrogens with zero attached hydrogens (tertiary/aromatic N) is 1. The van der Waals surface area contributed by atoms with Crippen LogP contribution < -0.4 is 4.74 Å². The number of ether oxygens (including phenoxy) is 1. The Morgan fingerprint density at radius 2 is 2.07 bits per heavy atom. The van der Waals surface area contributed by atoms with Crippen molar-refractivity contribution in [2.24, 2.45) is 0 Å². The standard InChI is InChI=1S/C12H12N2O/c1-7-4-9(15-3)5-10-11(6-13)8(2)14-12(7)10/h4-5,14H,1-3H3. The summed E-state index contributed by atoms with van der Waals surface area (Å²) in [4.78, 5) is 3.22. The Hall–Kier alpha value is -1.95. The molecule has 3 heteroatoms. The van der Waals surface area contributed by atoms with Crippen molar-refractivity contribution in [3.05, 3.63) is 29.0 Å². The molecular formula is C12H12N2O. The summed E-state index contributed by atoms with van der Waals surface area (Å²) >= 11 is 0. The molecule has 0 amide bonds. The molecule has 0 spiro atoms. The van der Waals surface area contributed by atoms with Gasteiger partial charge in [-0.1, -0.05) is 0 Å². The van der Waals surface area contributed by atoms with E-state index in [9.17, 15) is 0 Å². The molecule has 0 bridgehead atoms. The van der Waals surface area contributed by atoms with Crippen LogP contribution in [0.5, 0.6) is 5.75 Å². The third kappa shape index (κ3) is 1.35. The van der Waals surface area contributed by atoms with Crippen LogP contribution in [-0.4, -0.2) is 12.1 Å². The maximum atomic E-state index is 9.05. The lowest BCUT2D eigenvalue weighted by molar-refractivity contribution is 0.415. The molecule has 0 aliphatic heterocycles. The fourth-order valence-corrected chi connectivity index (χ4v) is 1.83. The lowest BCUT2D eigenvalue weighted by Crippen LogP contribution is -1.85. The quantitative estimate of drug-likeness (QED) is 0.769. The summed E-state index contributed by atoms with van der Waals surface area (Å²) in [5.74, 6) is 0.788. The van der Waals surface area contributed by atoms with Gasteiger partial charge in [-0.15, -0.1) is 0 Å². The number of H-pyrrole nitrogens is 1. The van der Waals surface area contributed by atoms with Crippen molar-refractivity contribution in [1.82, 2.24) is 4.98 Å². The zero-order chi connectivity index (χ0) is 11.0. The molecule has 0 aliphatic carbocycles. The summed E-state index contributed by atoms with van der Waals surface area (Å²) < 4.78 is 5.19. The minimum Gasteiger partial charge on any atom is -0.497 e.